The van der Waals surface area contributed by atoms with Crippen molar-refractivity contribution in [1.82, 2.24) is 10.2 Å². The van der Waals surface area contributed by atoms with Crippen molar-refractivity contribution < 1.29 is 0 Å². The minimum Gasteiger partial charge on any atom is -0.356 e. The highest BCUT2D eigenvalue weighted by atomic mass is 15.3. The number of rotatable bonds is 7. The number of fused-ring (bicyclic) bond motifs is 1. The molecule has 1 aliphatic heterocycles. The monoisotopic (exact) mass is 302 g/mol. The number of aliphatic imine (C=N–C) groups is 1. The number of nitrogens with one attached hydrogen (secondary N) is 1. The van der Waals surface area contributed by atoms with E-state index in [9.17, 15) is 0 Å². The fourth-order valence-electron chi connectivity index (χ4n) is 3.05. The van der Waals surface area contributed by atoms with Crippen LogP contribution in [0.4, 0.5) is 5.69 Å². The Morgan fingerprint density at radius 3 is 2.73 bits per heavy atom. The van der Waals surface area contributed by atoms with Crippen LogP contribution in [0.5, 0.6) is 0 Å². The van der Waals surface area contributed by atoms with Gasteiger partial charge in [0.05, 0.1) is 0 Å². The first kappa shape index (κ1) is 16.8. The van der Waals surface area contributed by atoms with Crippen LogP contribution < -0.4 is 10.2 Å². The smallest absolute Gasteiger partial charge is 0.198 e. The van der Waals surface area contributed by atoms with Crippen molar-refractivity contribution in [2.75, 3.05) is 44.7 Å². The molecule has 0 unspecified atom stereocenters. The maximum Gasteiger partial charge on any atom is 0.198 e. The molecule has 1 heterocycles. The number of nitrogens with zero attached hydrogens (tertiary/aromatic N) is 3. The lowest BCUT2D eigenvalue weighted by molar-refractivity contribution is 0.297. The first-order valence-corrected chi connectivity index (χ1v) is 8.58. The van der Waals surface area contributed by atoms with Gasteiger partial charge in [0.2, 0.25) is 0 Å². The number of benzene rings is 1. The van der Waals surface area contributed by atoms with Crippen LogP contribution in [0.15, 0.2) is 29.3 Å². The summed E-state index contributed by atoms with van der Waals surface area (Å²) in [6.45, 7) is 9.97. The average molecular weight is 302 g/mol. The highest BCUT2D eigenvalue weighted by Crippen LogP contribution is 2.27. The van der Waals surface area contributed by atoms with Crippen LogP contribution >= 0.6 is 0 Å². The van der Waals surface area contributed by atoms with Crippen molar-refractivity contribution in [2.45, 2.75) is 33.1 Å². The van der Waals surface area contributed by atoms with E-state index in [1.807, 2.05) is 7.05 Å². The van der Waals surface area contributed by atoms with E-state index in [-0.39, 0.29) is 0 Å². The Labute approximate surface area is 135 Å². The van der Waals surface area contributed by atoms with Gasteiger partial charge in [0.25, 0.3) is 0 Å². The van der Waals surface area contributed by atoms with Crippen LogP contribution in [0.2, 0.25) is 0 Å². The summed E-state index contributed by atoms with van der Waals surface area (Å²) in [7, 11) is 1.87. The van der Waals surface area contributed by atoms with Gasteiger partial charge in [-0.2, -0.15) is 0 Å². The number of hydrogen-bond donors (Lipinski definition) is 1. The second-order valence-corrected chi connectivity index (χ2v) is 5.74. The van der Waals surface area contributed by atoms with E-state index in [1.54, 1.807) is 0 Å². The minimum atomic E-state index is 0.993. The molecule has 1 N–H and O–H groups in total. The van der Waals surface area contributed by atoms with Crippen molar-refractivity contribution in [3.63, 3.8) is 0 Å². The number of hydrogen-bond acceptors (Lipinski definition) is 2. The van der Waals surface area contributed by atoms with Gasteiger partial charge >= 0.3 is 0 Å². The van der Waals surface area contributed by atoms with Crippen LogP contribution in [-0.2, 0) is 6.42 Å². The largest absolute Gasteiger partial charge is 0.356 e. The molecule has 0 aromatic heterocycles. The molecule has 1 aromatic carbocycles. The fourth-order valence-corrected chi connectivity index (χ4v) is 3.05. The van der Waals surface area contributed by atoms with Crippen LogP contribution in [0.25, 0.3) is 0 Å². The molecule has 0 atom stereocenters. The van der Waals surface area contributed by atoms with E-state index in [0.29, 0.717) is 0 Å². The maximum absolute atomic E-state index is 4.46. The lowest BCUT2D eigenvalue weighted by atomic mass is 10.2. The topological polar surface area (TPSA) is 30.9 Å². The molecule has 0 saturated heterocycles. The van der Waals surface area contributed by atoms with Crippen molar-refractivity contribution in [1.29, 1.82) is 0 Å². The molecule has 0 amide bonds. The summed E-state index contributed by atoms with van der Waals surface area (Å²) in [5.41, 5.74) is 2.73. The SMILES string of the molecule is CCN(CC)CCCCNC(=NC)N1CCc2ccccc21. The van der Waals surface area contributed by atoms with E-state index >= 15 is 0 Å². The zero-order valence-corrected chi connectivity index (χ0v) is 14.3. The van der Waals surface area contributed by atoms with Crippen molar-refractivity contribution in [3.8, 4) is 0 Å². The van der Waals surface area contributed by atoms with Crippen LogP contribution in [0, 0.1) is 0 Å². The molecule has 4 nitrogen and oxygen atoms in total. The predicted molar refractivity (Wildman–Crippen MR) is 95.9 cm³/mol. The number of guanidine groups is 1. The summed E-state index contributed by atoms with van der Waals surface area (Å²) in [5, 5.41) is 3.52. The Bertz CT molecular complexity index is 480. The number of unbranched alkanes of at least 4 members (excludes halogenated alkanes) is 1. The predicted octanol–water partition coefficient (Wildman–Crippen LogP) is 2.75. The molecule has 0 saturated carbocycles. The Kier molecular flexibility index (Phi) is 6.72. The van der Waals surface area contributed by atoms with Crippen LogP contribution in [0.3, 0.4) is 0 Å². The maximum atomic E-state index is 4.46. The summed E-state index contributed by atoms with van der Waals surface area (Å²) in [6, 6.07) is 8.63. The quantitative estimate of drug-likeness (QED) is 0.477. The van der Waals surface area contributed by atoms with E-state index in [4.69, 9.17) is 0 Å². The zero-order chi connectivity index (χ0) is 15.8. The first-order chi connectivity index (χ1) is 10.8. The van der Waals surface area contributed by atoms with E-state index in [0.717, 1.165) is 38.6 Å². The van der Waals surface area contributed by atoms with E-state index in [1.165, 1.54) is 30.6 Å². The molecule has 1 aliphatic rings. The van der Waals surface area contributed by atoms with Crippen molar-refractivity contribution >= 4 is 11.6 Å². The fraction of sp³-hybridized carbons (Fsp3) is 0.611. The Morgan fingerprint density at radius 2 is 2.00 bits per heavy atom. The Balaban J connectivity index is 1.77. The van der Waals surface area contributed by atoms with Crippen molar-refractivity contribution in [2.24, 2.45) is 4.99 Å². The third-order valence-corrected chi connectivity index (χ3v) is 4.43. The Hall–Kier alpha value is -1.55. The third-order valence-electron chi connectivity index (χ3n) is 4.43. The van der Waals surface area contributed by atoms with E-state index in [2.05, 4.69) is 58.2 Å². The summed E-state index contributed by atoms with van der Waals surface area (Å²) in [6.07, 6.45) is 3.53. The molecule has 0 radical (unpaired) electrons. The second-order valence-electron chi connectivity index (χ2n) is 5.74. The van der Waals surface area contributed by atoms with Gasteiger partial charge in [-0.1, -0.05) is 32.0 Å². The molecule has 122 valence electrons. The molecular weight excluding hydrogens is 272 g/mol. The molecule has 0 bridgehead atoms. The number of anilines is 1. The summed E-state index contributed by atoms with van der Waals surface area (Å²) in [5.74, 6) is 1.01. The molecule has 1 aromatic rings. The highest BCUT2D eigenvalue weighted by Gasteiger charge is 2.21. The van der Waals surface area contributed by atoms with E-state index < -0.39 is 0 Å². The van der Waals surface area contributed by atoms with Gasteiger partial charge in [0.15, 0.2) is 5.96 Å². The molecule has 0 fully saturated rings. The molecule has 0 spiro atoms. The second kappa shape index (κ2) is 8.79. The minimum absolute atomic E-state index is 0.993. The van der Waals surface area contributed by atoms with Gasteiger partial charge in [-0.3, -0.25) is 4.99 Å². The van der Waals surface area contributed by atoms with Gasteiger partial charge in [0, 0.05) is 25.8 Å². The Morgan fingerprint density at radius 1 is 1.23 bits per heavy atom. The molecule has 0 aliphatic carbocycles. The lowest BCUT2D eigenvalue weighted by Crippen LogP contribution is -2.41. The molecular formula is C18H30N4. The lowest BCUT2D eigenvalue weighted by Gasteiger charge is -2.22. The third kappa shape index (κ3) is 4.23. The number of para-hydroxylation sites is 1. The normalized spacial score (nSPS) is 14.5. The average Bonchev–Trinajstić information content (AvgIpc) is 2.98. The summed E-state index contributed by atoms with van der Waals surface area (Å²) < 4.78 is 0. The molecule has 4 heteroatoms. The summed E-state index contributed by atoms with van der Waals surface area (Å²) in [4.78, 5) is 9.24. The van der Waals surface area contributed by atoms with Gasteiger partial charge in [0.1, 0.15) is 0 Å². The van der Waals surface area contributed by atoms with Gasteiger partial charge in [-0.15, -0.1) is 0 Å². The molecule has 22 heavy (non-hydrogen) atoms. The zero-order valence-electron chi connectivity index (χ0n) is 14.3. The summed E-state index contributed by atoms with van der Waals surface area (Å²) >= 11 is 0. The molecule has 2 rings (SSSR count). The van der Waals surface area contributed by atoms with Gasteiger partial charge < -0.3 is 15.1 Å². The highest BCUT2D eigenvalue weighted by molar-refractivity contribution is 5.97. The van der Waals surface area contributed by atoms with Crippen LogP contribution in [0.1, 0.15) is 32.3 Å². The van der Waals surface area contributed by atoms with Gasteiger partial charge in [-0.25, -0.2) is 0 Å². The first-order valence-electron chi connectivity index (χ1n) is 8.58. The van der Waals surface area contributed by atoms with Crippen LogP contribution in [-0.4, -0.2) is 50.6 Å². The standard InChI is InChI=1S/C18H30N4/c1-4-21(5-2)14-9-8-13-20-18(19-3)22-15-12-16-10-6-7-11-17(16)22/h6-7,10-11H,4-5,8-9,12-15H2,1-3H3,(H,19,20). The van der Waals surface area contributed by atoms with Gasteiger partial charge in [-0.05, 0) is 50.5 Å². The van der Waals surface area contributed by atoms with Crippen molar-refractivity contribution in [3.05, 3.63) is 29.8 Å².